The van der Waals surface area contributed by atoms with E-state index in [1.54, 1.807) is 24.1 Å². The monoisotopic (exact) mass is 251 g/mol. The number of thioether (sulfide) groups is 1. The fourth-order valence-corrected chi connectivity index (χ4v) is 2.49. The fourth-order valence-electron chi connectivity index (χ4n) is 1.60. The smallest absolute Gasteiger partial charge is 0.123 e. The highest BCUT2D eigenvalue weighted by Crippen LogP contribution is 2.27. The van der Waals surface area contributed by atoms with E-state index in [4.69, 9.17) is 10.2 Å². The molecule has 17 heavy (non-hydrogen) atoms. The Bertz CT molecular complexity index is 510. The lowest BCUT2D eigenvalue weighted by molar-refractivity contribution is 0.527. The molecule has 0 aliphatic carbocycles. The van der Waals surface area contributed by atoms with E-state index in [1.807, 2.05) is 19.1 Å². The van der Waals surface area contributed by atoms with E-state index in [1.165, 1.54) is 6.07 Å². The van der Waals surface area contributed by atoms with Gasteiger partial charge in [0.2, 0.25) is 0 Å². The van der Waals surface area contributed by atoms with Crippen LogP contribution in [0, 0.1) is 12.7 Å². The molecule has 0 atom stereocenters. The molecule has 90 valence electrons. The Labute approximate surface area is 104 Å². The SMILES string of the molecule is Cc1occc1SCc1cc(F)cc(CN)c1. The van der Waals surface area contributed by atoms with Crippen molar-refractivity contribution in [3.63, 3.8) is 0 Å². The van der Waals surface area contributed by atoms with Crippen LogP contribution in [0.4, 0.5) is 4.39 Å². The summed E-state index contributed by atoms with van der Waals surface area (Å²) < 4.78 is 18.5. The second-order valence-electron chi connectivity index (χ2n) is 3.80. The van der Waals surface area contributed by atoms with E-state index >= 15 is 0 Å². The summed E-state index contributed by atoms with van der Waals surface area (Å²) in [6.45, 7) is 2.28. The van der Waals surface area contributed by atoms with E-state index < -0.39 is 0 Å². The molecule has 0 fully saturated rings. The standard InChI is InChI=1S/C13H14FNOS/c1-9-13(2-3-16-9)17-8-11-4-10(7-15)5-12(14)6-11/h2-6H,7-8,15H2,1H3. The van der Waals surface area contributed by atoms with Crippen molar-refractivity contribution in [1.29, 1.82) is 0 Å². The summed E-state index contributed by atoms with van der Waals surface area (Å²) in [6, 6.07) is 6.87. The molecule has 1 aromatic heterocycles. The molecule has 4 heteroatoms. The van der Waals surface area contributed by atoms with Gasteiger partial charge in [-0.3, -0.25) is 0 Å². The molecular formula is C13H14FNOS. The number of benzene rings is 1. The number of halogens is 1. The van der Waals surface area contributed by atoms with Gasteiger partial charge in [-0.25, -0.2) is 4.39 Å². The van der Waals surface area contributed by atoms with Crippen LogP contribution >= 0.6 is 11.8 Å². The van der Waals surface area contributed by atoms with Crippen LogP contribution in [0.1, 0.15) is 16.9 Å². The number of aryl methyl sites for hydroxylation is 1. The molecule has 0 radical (unpaired) electrons. The zero-order valence-corrected chi connectivity index (χ0v) is 10.4. The van der Waals surface area contributed by atoms with Gasteiger partial charge in [0.1, 0.15) is 11.6 Å². The minimum atomic E-state index is -0.229. The van der Waals surface area contributed by atoms with Gasteiger partial charge in [-0.05, 0) is 36.2 Å². The number of hydrogen-bond donors (Lipinski definition) is 1. The van der Waals surface area contributed by atoms with Crippen LogP contribution in [-0.2, 0) is 12.3 Å². The van der Waals surface area contributed by atoms with Crippen molar-refractivity contribution in [3.05, 3.63) is 53.2 Å². The molecule has 1 aromatic carbocycles. The maximum Gasteiger partial charge on any atom is 0.123 e. The molecule has 0 aliphatic heterocycles. The van der Waals surface area contributed by atoms with Crippen LogP contribution in [0.25, 0.3) is 0 Å². The summed E-state index contributed by atoms with van der Waals surface area (Å²) in [5, 5.41) is 0. The van der Waals surface area contributed by atoms with Crippen LogP contribution < -0.4 is 5.73 Å². The van der Waals surface area contributed by atoms with Gasteiger partial charge >= 0.3 is 0 Å². The highest BCUT2D eigenvalue weighted by molar-refractivity contribution is 7.98. The Kier molecular flexibility index (Phi) is 3.86. The molecule has 0 unspecified atom stereocenters. The first-order valence-electron chi connectivity index (χ1n) is 5.34. The van der Waals surface area contributed by atoms with Crippen molar-refractivity contribution in [3.8, 4) is 0 Å². The third kappa shape index (κ3) is 3.11. The van der Waals surface area contributed by atoms with Crippen molar-refractivity contribution in [2.45, 2.75) is 24.1 Å². The predicted octanol–water partition coefficient (Wildman–Crippen LogP) is 3.48. The number of rotatable bonds is 4. The van der Waals surface area contributed by atoms with Crippen LogP contribution in [0.15, 0.2) is 39.8 Å². The normalized spacial score (nSPS) is 10.8. The molecular weight excluding hydrogens is 237 g/mol. The topological polar surface area (TPSA) is 39.2 Å². The van der Waals surface area contributed by atoms with E-state index in [9.17, 15) is 4.39 Å². The first-order valence-corrected chi connectivity index (χ1v) is 6.33. The summed E-state index contributed by atoms with van der Waals surface area (Å²) in [7, 11) is 0. The summed E-state index contributed by atoms with van der Waals surface area (Å²) >= 11 is 1.63. The van der Waals surface area contributed by atoms with Crippen molar-refractivity contribution in [2.24, 2.45) is 5.73 Å². The van der Waals surface area contributed by atoms with Gasteiger partial charge < -0.3 is 10.2 Å². The van der Waals surface area contributed by atoms with Gasteiger partial charge in [-0.15, -0.1) is 11.8 Å². The summed E-state index contributed by atoms with van der Waals surface area (Å²) in [4.78, 5) is 1.09. The number of furan rings is 1. The Morgan fingerprint density at radius 2 is 2.06 bits per heavy atom. The Morgan fingerprint density at radius 3 is 2.71 bits per heavy atom. The number of nitrogens with two attached hydrogens (primary N) is 1. The van der Waals surface area contributed by atoms with E-state index in [-0.39, 0.29) is 5.82 Å². The third-order valence-corrected chi connectivity index (χ3v) is 3.67. The molecule has 0 bridgehead atoms. The van der Waals surface area contributed by atoms with Crippen LogP contribution in [0.3, 0.4) is 0 Å². The molecule has 1 heterocycles. The predicted molar refractivity (Wildman–Crippen MR) is 67.3 cm³/mol. The lowest BCUT2D eigenvalue weighted by Crippen LogP contribution is -1.98. The van der Waals surface area contributed by atoms with Gasteiger partial charge in [-0.2, -0.15) is 0 Å². The quantitative estimate of drug-likeness (QED) is 0.846. The second-order valence-corrected chi connectivity index (χ2v) is 4.82. The average Bonchev–Trinajstić information content (AvgIpc) is 2.71. The van der Waals surface area contributed by atoms with Crippen molar-refractivity contribution in [1.82, 2.24) is 0 Å². The van der Waals surface area contributed by atoms with Crippen molar-refractivity contribution < 1.29 is 8.81 Å². The second kappa shape index (κ2) is 5.38. The molecule has 2 nitrogen and oxygen atoms in total. The van der Waals surface area contributed by atoms with E-state index in [2.05, 4.69) is 0 Å². The third-order valence-electron chi connectivity index (χ3n) is 2.46. The lowest BCUT2D eigenvalue weighted by atomic mass is 10.1. The summed E-state index contributed by atoms with van der Waals surface area (Å²) in [6.07, 6.45) is 1.66. The molecule has 0 saturated heterocycles. The molecule has 0 saturated carbocycles. The van der Waals surface area contributed by atoms with Gasteiger partial charge in [0.05, 0.1) is 6.26 Å². The Morgan fingerprint density at radius 1 is 1.29 bits per heavy atom. The molecule has 0 amide bonds. The molecule has 0 spiro atoms. The minimum Gasteiger partial charge on any atom is -0.468 e. The fraction of sp³-hybridized carbons (Fsp3) is 0.231. The molecule has 0 aliphatic rings. The summed E-state index contributed by atoms with van der Waals surface area (Å²) in [5.41, 5.74) is 7.28. The first kappa shape index (κ1) is 12.2. The minimum absolute atomic E-state index is 0.229. The highest BCUT2D eigenvalue weighted by Gasteiger charge is 2.04. The van der Waals surface area contributed by atoms with Crippen molar-refractivity contribution in [2.75, 3.05) is 0 Å². The Balaban J connectivity index is 2.09. The van der Waals surface area contributed by atoms with Crippen LogP contribution in [0.5, 0.6) is 0 Å². The largest absolute Gasteiger partial charge is 0.468 e. The van der Waals surface area contributed by atoms with E-state index in [0.29, 0.717) is 12.3 Å². The molecule has 2 aromatic rings. The number of hydrogen-bond acceptors (Lipinski definition) is 3. The maximum absolute atomic E-state index is 13.3. The first-order chi connectivity index (χ1) is 8.19. The maximum atomic E-state index is 13.3. The highest BCUT2D eigenvalue weighted by atomic mass is 32.2. The van der Waals surface area contributed by atoms with Crippen LogP contribution in [0.2, 0.25) is 0 Å². The summed E-state index contributed by atoms with van der Waals surface area (Å²) in [5.74, 6) is 1.38. The average molecular weight is 251 g/mol. The zero-order valence-electron chi connectivity index (χ0n) is 9.57. The van der Waals surface area contributed by atoms with Crippen molar-refractivity contribution >= 4 is 11.8 Å². The van der Waals surface area contributed by atoms with Gasteiger partial charge in [0.15, 0.2) is 0 Å². The molecule has 2 rings (SSSR count). The van der Waals surface area contributed by atoms with Gasteiger partial charge in [-0.1, -0.05) is 6.07 Å². The van der Waals surface area contributed by atoms with E-state index in [0.717, 1.165) is 21.8 Å². The Hall–Kier alpha value is -1.26. The lowest BCUT2D eigenvalue weighted by Gasteiger charge is -2.04. The van der Waals surface area contributed by atoms with Gasteiger partial charge in [0, 0.05) is 17.2 Å². The van der Waals surface area contributed by atoms with Gasteiger partial charge in [0.25, 0.3) is 0 Å². The zero-order chi connectivity index (χ0) is 12.3. The molecule has 2 N–H and O–H groups in total. The van der Waals surface area contributed by atoms with Crippen LogP contribution in [-0.4, -0.2) is 0 Å².